The summed E-state index contributed by atoms with van der Waals surface area (Å²) in [5, 5.41) is 0. The van der Waals surface area contributed by atoms with E-state index in [0.717, 1.165) is 32.5 Å². The van der Waals surface area contributed by atoms with Crippen LogP contribution in [0.3, 0.4) is 0 Å². The zero-order chi connectivity index (χ0) is 15.4. The molecule has 1 amide bonds. The lowest BCUT2D eigenvalue weighted by molar-refractivity contribution is 0.0642. The highest BCUT2D eigenvalue weighted by Gasteiger charge is 2.26. The summed E-state index contributed by atoms with van der Waals surface area (Å²) in [6, 6.07) is 5.76. The summed E-state index contributed by atoms with van der Waals surface area (Å²) in [7, 11) is 1.90. The maximum absolute atomic E-state index is 12.7. The fourth-order valence-electron chi connectivity index (χ4n) is 2.92. The molecule has 0 spiro atoms. The largest absolute Gasteiger partial charge is 0.398 e. The average Bonchev–Trinajstić information content (AvgIpc) is 2.50. The SMILES string of the molecule is CCCN1CCC(N(C)C(=O)c2cccc(N)c2Br)CC1. The molecule has 4 nitrogen and oxygen atoms in total. The molecule has 5 heteroatoms. The fourth-order valence-corrected chi connectivity index (χ4v) is 3.35. The lowest BCUT2D eigenvalue weighted by atomic mass is 10.0. The molecule has 0 unspecified atom stereocenters. The zero-order valence-electron chi connectivity index (χ0n) is 12.8. The number of nitrogens with zero attached hydrogens (tertiary/aromatic N) is 2. The van der Waals surface area contributed by atoms with Gasteiger partial charge in [-0.05, 0) is 53.9 Å². The third-order valence-corrected chi connectivity index (χ3v) is 5.11. The van der Waals surface area contributed by atoms with E-state index in [2.05, 4.69) is 27.8 Å². The maximum atomic E-state index is 12.7. The Morgan fingerprint density at radius 1 is 1.43 bits per heavy atom. The molecule has 1 aliphatic rings. The summed E-state index contributed by atoms with van der Waals surface area (Å²) in [4.78, 5) is 17.0. The van der Waals surface area contributed by atoms with Crippen molar-refractivity contribution in [3.05, 3.63) is 28.2 Å². The molecule has 1 heterocycles. The molecule has 1 aromatic rings. The monoisotopic (exact) mass is 353 g/mol. The van der Waals surface area contributed by atoms with Gasteiger partial charge in [-0.3, -0.25) is 4.79 Å². The van der Waals surface area contributed by atoms with Gasteiger partial charge in [-0.25, -0.2) is 0 Å². The molecule has 0 aromatic heterocycles. The molecular weight excluding hydrogens is 330 g/mol. The third kappa shape index (κ3) is 3.77. The van der Waals surface area contributed by atoms with Crippen molar-refractivity contribution in [3.63, 3.8) is 0 Å². The number of anilines is 1. The summed E-state index contributed by atoms with van der Waals surface area (Å²) in [6.45, 7) is 5.52. The van der Waals surface area contributed by atoms with Crippen LogP contribution in [-0.2, 0) is 0 Å². The van der Waals surface area contributed by atoms with Gasteiger partial charge in [0.2, 0.25) is 0 Å². The van der Waals surface area contributed by atoms with E-state index in [0.29, 0.717) is 21.8 Å². The standard InChI is InChI=1S/C16H24BrN3O/c1-3-9-20-10-7-12(8-11-20)19(2)16(21)13-5-4-6-14(18)15(13)17/h4-6,12H,3,7-11,18H2,1-2H3. The highest BCUT2D eigenvalue weighted by atomic mass is 79.9. The molecule has 1 fully saturated rings. The summed E-state index contributed by atoms with van der Waals surface area (Å²) >= 11 is 3.42. The van der Waals surface area contributed by atoms with Crippen molar-refractivity contribution in [3.8, 4) is 0 Å². The number of nitrogens with two attached hydrogens (primary N) is 1. The van der Waals surface area contributed by atoms with Gasteiger partial charge in [0.15, 0.2) is 0 Å². The molecule has 1 aliphatic heterocycles. The smallest absolute Gasteiger partial charge is 0.255 e. The van der Waals surface area contributed by atoms with E-state index in [1.165, 1.54) is 6.42 Å². The van der Waals surface area contributed by atoms with Crippen LogP contribution in [0.25, 0.3) is 0 Å². The van der Waals surface area contributed by atoms with Gasteiger partial charge >= 0.3 is 0 Å². The molecule has 0 atom stereocenters. The Morgan fingerprint density at radius 2 is 2.10 bits per heavy atom. The van der Waals surface area contributed by atoms with E-state index in [1.54, 1.807) is 6.07 Å². The van der Waals surface area contributed by atoms with Crippen molar-refractivity contribution in [2.24, 2.45) is 0 Å². The molecule has 0 bridgehead atoms. The molecule has 0 radical (unpaired) electrons. The number of nitrogen functional groups attached to an aromatic ring is 1. The number of rotatable bonds is 4. The second-order valence-corrected chi connectivity index (χ2v) is 6.49. The predicted molar refractivity (Wildman–Crippen MR) is 90.4 cm³/mol. The molecule has 116 valence electrons. The first-order valence-corrected chi connectivity index (χ1v) is 8.37. The number of hydrogen-bond acceptors (Lipinski definition) is 3. The normalized spacial score (nSPS) is 16.9. The van der Waals surface area contributed by atoms with Crippen molar-refractivity contribution in [1.82, 2.24) is 9.80 Å². The number of amides is 1. The number of halogens is 1. The Labute approximate surface area is 135 Å². The fraction of sp³-hybridized carbons (Fsp3) is 0.562. The van der Waals surface area contributed by atoms with E-state index in [9.17, 15) is 4.79 Å². The Balaban J connectivity index is 2.02. The van der Waals surface area contributed by atoms with Gasteiger partial charge in [0, 0.05) is 31.9 Å². The minimum absolute atomic E-state index is 0.0446. The van der Waals surface area contributed by atoms with Crippen LogP contribution in [0.15, 0.2) is 22.7 Å². The molecule has 1 saturated heterocycles. The lowest BCUT2D eigenvalue weighted by Crippen LogP contribution is -2.45. The van der Waals surface area contributed by atoms with Gasteiger partial charge in [-0.15, -0.1) is 0 Å². The molecule has 0 aliphatic carbocycles. The quantitative estimate of drug-likeness (QED) is 0.846. The number of benzene rings is 1. The van der Waals surface area contributed by atoms with Gasteiger partial charge in [-0.1, -0.05) is 13.0 Å². The van der Waals surface area contributed by atoms with Crippen LogP contribution in [0.1, 0.15) is 36.5 Å². The summed E-state index contributed by atoms with van der Waals surface area (Å²) in [5.41, 5.74) is 7.11. The third-order valence-electron chi connectivity index (χ3n) is 4.22. The molecule has 0 saturated carbocycles. The van der Waals surface area contributed by atoms with Crippen molar-refractivity contribution < 1.29 is 4.79 Å². The van der Waals surface area contributed by atoms with Crippen LogP contribution in [0.5, 0.6) is 0 Å². The maximum Gasteiger partial charge on any atom is 0.255 e. The Hall–Kier alpha value is -1.07. The Kier molecular flexibility index (Phi) is 5.65. The molecule has 21 heavy (non-hydrogen) atoms. The summed E-state index contributed by atoms with van der Waals surface area (Å²) in [5.74, 6) is 0.0446. The Bertz CT molecular complexity index is 498. The minimum atomic E-state index is 0.0446. The number of piperidine rings is 1. The molecule has 2 N–H and O–H groups in total. The van der Waals surface area contributed by atoms with Gasteiger partial charge in [0.25, 0.3) is 5.91 Å². The second-order valence-electron chi connectivity index (χ2n) is 5.70. The van der Waals surface area contributed by atoms with E-state index in [1.807, 2.05) is 24.1 Å². The van der Waals surface area contributed by atoms with Gasteiger partial charge in [0.1, 0.15) is 0 Å². The number of carbonyl (C=O) groups excluding carboxylic acids is 1. The van der Waals surface area contributed by atoms with Crippen LogP contribution >= 0.6 is 15.9 Å². The number of carbonyl (C=O) groups is 1. The van der Waals surface area contributed by atoms with Crippen LogP contribution in [0.4, 0.5) is 5.69 Å². The van der Waals surface area contributed by atoms with E-state index in [4.69, 9.17) is 5.73 Å². The summed E-state index contributed by atoms with van der Waals surface area (Å²) < 4.78 is 0.699. The van der Waals surface area contributed by atoms with E-state index in [-0.39, 0.29) is 5.91 Å². The van der Waals surface area contributed by atoms with Crippen LogP contribution in [0, 0.1) is 0 Å². The first-order chi connectivity index (χ1) is 10.0. The van der Waals surface area contributed by atoms with Gasteiger partial charge in [-0.2, -0.15) is 0 Å². The van der Waals surface area contributed by atoms with Gasteiger partial charge < -0.3 is 15.5 Å². The highest BCUT2D eigenvalue weighted by Crippen LogP contribution is 2.26. The zero-order valence-corrected chi connectivity index (χ0v) is 14.4. The van der Waals surface area contributed by atoms with Crippen molar-refractivity contribution >= 4 is 27.5 Å². The van der Waals surface area contributed by atoms with Crippen molar-refractivity contribution in [1.29, 1.82) is 0 Å². The molecular formula is C16H24BrN3O. The van der Waals surface area contributed by atoms with Crippen LogP contribution in [0.2, 0.25) is 0 Å². The second kappa shape index (κ2) is 7.27. The van der Waals surface area contributed by atoms with Crippen LogP contribution < -0.4 is 5.73 Å². The highest BCUT2D eigenvalue weighted by molar-refractivity contribution is 9.10. The first-order valence-electron chi connectivity index (χ1n) is 7.58. The van der Waals surface area contributed by atoms with Crippen molar-refractivity contribution in [2.75, 3.05) is 32.4 Å². The van der Waals surface area contributed by atoms with Crippen LogP contribution in [-0.4, -0.2) is 48.4 Å². The first kappa shape index (κ1) is 16.3. The average molecular weight is 354 g/mol. The number of likely N-dealkylation sites (tertiary alicyclic amines) is 1. The summed E-state index contributed by atoms with van der Waals surface area (Å²) in [6.07, 6.45) is 3.28. The molecule has 1 aromatic carbocycles. The lowest BCUT2D eigenvalue weighted by Gasteiger charge is -2.36. The number of hydrogen-bond donors (Lipinski definition) is 1. The van der Waals surface area contributed by atoms with E-state index >= 15 is 0 Å². The molecule has 2 rings (SSSR count). The van der Waals surface area contributed by atoms with Crippen molar-refractivity contribution in [2.45, 2.75) is 32.2 Å². The van der Waals surface area contributed by atoms with E-state index < -0.39 is 0 Å². The predicted octanol–water partition coefficient (Wildman–Crippen LogP) is 2.98. The topological polar surface area (TPSA) is 49.6 Å². The minimum Gasteiger partial charge on any atom is -0.398 e. The Morgan fingerprint density at radius 3 is 2.71 bits per heavy atom. The van der Waals surface area contributed by atoms with Gasteiger partial charge in [0.05, 0.1) is 10.0 Å².